The second kappa shape index (κ2) is 3.52. The van der Waals surface area contributed by atoms with Gasteiger partial charge in [-0.25, -0.2) is 4.79 Å². The minimum absolute atomic E-state index is 0.215. The highest BCUT2D eigenvalue weighted by atomic mass is 16.4. The van der Waals surface area contributed by atoms with Gasteiger partial charge in [-0.05, 0) is 18.9 Å². The van der Waals surface area contributed by atoms with Crippen molar-refractivity contribution >= 4 is 0 Å². The van der Waals surface area contributed by atoms with E-state index in [1.54, 1.807) is 0 Å². The maximum atomic E-state index is 11.2. The molecule has 0 saturated carbocycles. The molecule has 0 bridgehead atoms. The Hall–Kier alpha value is -1.03. The van der Waals surface area contributed by atoms with E-state index in [1.165, 1.54) is 0 Å². The summed E-state index contributed by atoms with van der Waals surface area (Å²) < 4.78 is 5.18. The molecule has 1 aliphatic rings. The number of aromatic nitrogens is 1. The van der Waals surface area contributed by atoms with Crippen LogP contribution in [0.2, 0.25) is 0 Å². The summed E-state index contributed by atoms with van der Waals surface area (Å²) >= 11 is 0. The lowest BCUT2D eigenvalue weighted by Gasteiger charge is -2.33. The molecule has 4 nitrogen and oxygen atoms in total. The zero-order valence-corrected chi connectivity index (χ0v) is 9.52. The van der Waals surface area contributed by atoms with Crippen LogP contribution < -0.4 is 11.1 Å². The second-order valence-electron chi connectivity index (χ2n) is 5.15. The van der Waals surface area contributed by atoms with Gasteiger partial charge in [0.1, 0.15) is 5.76 Å². The van der Waals surface area contributed by atoms with Crippen molar-refractivity contribution in [3.8, 4) is 0 Å². The second-order valence-corrected chi connectivity index (χ2v) is 5.15. The third-order valence-electron chi connectivity index (χ3n) is 3.05. The van der Waals surface area contributed by atoms with E-state index in [0.29, 0.717) is 5.92 Å². The normalized spacial score (nSPS) is 23.8. The molecule has 0 fully saturated rings. The fourth-order valence-electron chi connectivity index (χ4n) is 2.53. The standard InChI is InChI=1S/C11H18N2O2/c1-11(2)4-7(6-12-3)9-8(5-11)15-10(14)13-9/h7,12H,4-6H2,1-3H3,(H,13,14). The summed E-state index contributed by atoms with van der Waals surface area (Å²) in [7, 11) is 1.93. The van der Waals surface area contributed by atoms with Crippen LogP contribution in [0.1, 0.15) is 37.6 Å². The van der Waals surface area contributed by atoms with Gasteiger partial charge in [-0.15, -0.1) is 0 Å². The van der Waals surface area contributed by atoms with Crippen LogP contribution in [-0.4, -0.2) is 18.6 Å². The van der Waals surface area contributed by atoms with Gasteiger partial charge >= 0.3 is 5.76 Å². The van der Waals surface area contributed by atoms with Gasteiger partial charge in [0.2, 0.25) is 0 Å². The number of rotatable bonds is 2. The molecule has 0 aromatic carbocycles. The molecule has 0 radical (unpaired) electrons. The first kappa shape index (κ1) is 10.5. The topological polar surface area (TPSA) is 58.0 Å². The van der Waals surface area contributed by atoms with Crippen LogP contribution in [0.5, 0.6) is 0 Å². The first-order chi connectivity index (χ1) is 7.02. The van der Waals surface area contributed by atoms with Crippen molar-refractivity contribution in [2.75, 3.05) is 13.6 Å². The Bertz CT molecular complexity index is 403. The molecule has 1 aromatic rings. The van der Waals surface area contributed by atoms with Crippen LogP contribution in [0.25, 0.3) is 0 Å². The lowest BCUT2D eigenvalue weighted by Crippen LogP contribution is -2.30. The Morgan fingerprint density at radius 2 is 2.33 bits per heavy atom. The maximum Gasteiger partial charge on any atom is 0.416 e. The van der Waals surface area contributed by atoms with E-state index in [2.05, 4.69) is 24.1 Å². The van der Waals surface area contributed by atoms with Gasteiger partial charge in [-0.3, -0.25) is 4.98 Å². The van der Waals surface area contributed by atoms with E-state index >= 15 is 0 Å². The summed E-state index contributed by atoms with van der Waals surface area (Å²) in [6.45, 7) is 5.31. The average molecular weight is 210 g/mol. The van der Waals surface area contributed by atoms with Crippen molar-refractivity contribution in [2.24, 2.45) is 5.41 Å². The van der Waals surface area contributed by atoms with Crippen molar-refractivity contribution < 1.29 is 4.42 Å². The lowest BCUT2D eigenvalue weighted by molar-refractivity contribution is 0.249. The van der Waals surface area contributed by atoms with Crippen molar-refractivity contribution in [1.29, 1.82) is 0 Å². The van der Waals surface area contributed by atoms with Gasteiger partial charge in [0.25, 0.3) is 0 Å². The smallest absolute Gasteiger partial charge is 0.413 e. The van der Waals surface area contributed by atoms with Crippen molar-refractivity contribution in [3.63, 3.8) is 0 Å². The summed E-state index contributed by atoms with van der Waals surface area (Å²) in [6, 6.07) is 0. The van der Waals surface area contributed by atoms with Crippen LogP contribution in [0.15, 0.2) is 9.21 Å². The average Bonchev–Trinajstić information content (AvgIpc) is 2.44. The number of oxazole rings is 1. The number of nitrogens with one attached hydrogen (secondary N) is 2. The minimum Gasteiger partial charge on any atom is -0.413 e. The molecule has 1 aromatic heterocycles. The Labute approximate surface area is 89.1 Å². The van der Waals surface area contributed by atoms with Crippen molar-refractivity contribution in [1.82, 2.24) is 10.3 Å². The van der Waals surface area contributed by atoms with Crippen LogP contribution in [-0.2, 0) is 6.42 Å². The predicted molar refractivity (Wildman–Crippen MR) is 58.1 cm³/mol. The zero-order valence-electron chi connectivity index (χ0n) is 9.52. The van der Waals surface area contributed by atoms with Crippen LogP contribution in [0.4, 0.5) is 0 Å². The number of H-pyrrole nitrogens is 1. The number of fused-ring (bicyclic) bond motifs is 1. The molecule has 0 spiro atoms. The summed E-state index contributed by atoms with van der Waals surface area (Å²) in [5.41, 5.74) is 1.21. The van der Waals surface area contributed by atoms with Crippen molar-refractivity contribution in [2.45, 2.75) is 32.6 Å². The first-order valence-corrected chi connectivity index (χ1v) is 5.38. The zero-order chi connectivity index (χ0) is 11.1. The molecule has 1 heterocycles. The molecule has 0 amide bonds. The molecule has 0 aliphatic heterocycles. The number of aromatic amines is 1. The van der Waals surface area contributed by atoms with E-state index in [0.717, 1.165) is 30.8 Å². The van der Waals surface area contributed by atoms with Gasteiger partial charge in [0, 0.05) is 18.9 Å². The fraction of sp³-hybridized carbons (Fsp3) is 0.727. The largest absolute Gasteiger partial charge is 0.416 e. The van der Waals surface area contributed by atoms with Crippen LogP contribution in [0, 0.1) is 5.41 Å². The Morgan fingerprint density at radius 3 is 3.00 bits per heavy atom. The highest BCUT2D eigenvalue weighted by molar-refractivity contribution is 5.20. The van der Waals surface area contributed by atoms with Crippen molar-refractivity contribution in [3.05, 3.63) is 22.0 Å². The van der Waals surface area contributed by atoms with Crippen LogP contribution in [0.3, 0.4) is 0 Å². The quantitative estimate of drug-likeness (QED) is 0.772. The molecular weight excluding hydrogens is 192 g/mol. The summed E-state index contributed by atoms with van der Waals surface area (Å²) in [5, 5.41) is 3.16. The summed E-state index contributed by atoms with van der Waals surface area (Å²) in [6.07, 6.45) is 1.93. The molecule has 2 N–H and O–H groups in total. The summed E-state index contributed by atoms with van der Waals surface area (Å²) in [5.74, 6) is 0.885. The molecule has 0 saturated heterocycles. The molecule has 1 aliphatic carbocycles. The number of hydrogen-bond acceptors (Lipinski definition) is 3. The highest BCUT2D eigenvalue weighted by Gasteiger charge is 2.35. The highest BCUT2D eigenvalue weighted by Crippen LogP contribution is 2.40. The number of hydrogen-bond donors (Lipinski definition) is 2. The summed E-state index contributed by atoms with van der Waals surface area (Å²) in [4.78, 5) is 14.0. The minimum atomic E-state index is -0.321. The number of likely N-dealkylation sites (N-methyl/N-ethyl adjacent to an activating group) is 1. The van der Waals surface area contributed by atoms with E-state index in [-0.39, 0.29) is 11.2 Å². The maximum absolute atomic E-state index is 11.2. The SMILES string of the molecule is CNCC1CC(C)(C)Cc2oc(=O)[nH]c21. The third kappa shape index (κ3) is 2.00. The van der Waals surface area contributed by atoms with E-state index < -0.39 is 0 Å². The van der Waals surface area contributed by atoms with Gasteiger partial charge in [0.05, 0.1) is 5.69 Å². The Morgan fingerprint density at radius 1 is 1.60 bits per heavy atom. The van der Waals surface area contributed by atoms with E-state index in [1.807, 2.05) is 7.05 Å². The third-order valence-corrected chi connectivity index (χ3v) is 3.05. The predicted octanol–water partition coefficient (Wildman–Crippen LogP) is 1.24. The fourth-order valence-corrected chi connectivity index (χ4v) is 2.53. The molecule has 1 atom stereocenters. The van der Waals surface area contributed by atoms with E-state index in [9.17, 15) is 4.79 Å². The Kier molecular flexibility index (Phi) is 2.46. The molecule has 2 rings (SSSR count). The first-order valence-electron chi connectivity index (χ1n) is 5.38. The molecule has 15 heavy (non-hydrogen) atoms. The Balaban J connectivity index is 2.38. The van der Waals surface area contributed by atoms with Gasteiger partial charge in [0.15, 0.2) is 0 Å². The monoisotopic (exact) mass is 210 g/mol. The van der Waals surface area contributed by atoms with Crippen LogP contribution >= 0.6 is 0 Å². The molecule has 84 valence electrons. The van der Waals surface area contributed by atoms with Gasteiger partial charge in [-0.2, -0.15) is 0 Å². The molecule has 1 unspecified atom stereocenters. The lowest BCUT2D eigenvalue weighted by atomic mass is 9.73. The molecule has 4 heteroatoms. The van der Waals surface area contributed by atoms with E-state index in [4.69, 9.17) is 4.42 Å². The van der Waals surface area contributed by atoms with Gasteiger partial charge in [-0.1, -0.05) is 13.8 Å². The molecular formula is C11H18N2O2. The van der Waals surface area contributed by atoms with Gasteiger partial charge < -0.3 is 9.73 Å².